The van der Waals surface area contributed by atoms with Crippen LogP contribution in [0.4, 0.5) is 0 Å². The Balaban J connectivity index is 0.00000162. The van der Waals surface area contributed by atoms with E-state index in [-0.39, 0.29) is 12.4 Å². The highest BCUT2D eigenvalue weighted by atomic mass is 35.5. The first kappa shape index (κ1) is 15.5. The van der Waals surface area contributed by atoms with Crippen LogP contribution in [-0.2, 0) is 6.54 Å². The van der Waals surface area contributed by atoms with Crippen molar-refractivity contribution in [1.82, 2.24) is 4.90 Å². The smallest absolute Gasteiger partial charge is 0.0233 e. The molecule has 0 unspecified atom stereocenters. The fourth-order valence-electron chi connectivity index (χ4n) is 2.38. The average molecular weight is 269 g/mol. The first-order chi connectivity index (χ1) is 8.15. The fourth-order valence-corrected chi connectivity index (χ4v) is 2.38. The number of hydrogen-bond acceptors (Lipinski definition) is 2. The van der Waals surface area contributed by atoms with Crippen molar-refractivity contribution >= 4 is 12.4 Å². The second-order valence-corrected chi connectivity index (χ2v) is 5.51. The standard InChI is InChI=1S/C15H24N2.ClH/c1-12(2)14-5-3-13(4-6-14)11-17-9-7-15(16)8-10-17;/h3-6,12,15H,7-11,16H2,1-2H3;1H. The van der Waals surface area contributed by atoms with Crippen molar-refractivity contribution in [2.24, 2.45) is 5.73 Å². The number of hydrogen-bond donors (Lipinski definition) is 1. The lowest BCUT2D eigenvalue weighted by Gasteiger charge is -2.30. The van der Waals surface area contributed by atoms with Crippen molar-refractivity contribution in [3.8, 4) is 0 Å². The molecule has 2 rings (SSSR count). The van der Waals surface area contributed by atoms with E-state index in [1.807, 2.05) is 0 Å². The van der Waals surface area contributed by atoms with Gasteiger partial charge in [0.1, 0.15) is 0 Å². The van der Waals surface area contributed by atoms with E-state index < -0.39 is 0 Å². The average Bonchev–Trinajstić information content (AvgIpc) is 2.33. The van der Waals surface area contributed by atoms with Crippen molar-refractivity contribution in [2.45, 2.75) is 45.2 Å². The molecule has 0 atom stereocenters. The van der Waals surface area contributed by atoms with Gasteiger partial charge < -0.3 is 5.73 Å². The minimum Gasteiger partial charge on any atom is -0.328 e. The summed E-state index contributed by atoms with van der Waals surface area (Å²) in [7, 11) is 0. The summed E-state index contributed by atoms with van der Waals surface area (Å²) in [5.41, 5.74) is 8.76. The van der Waals surface area contributed by atoms with Crippen LogP contribution in [0.2, 0.25) is 0 Å². The Morgan fingerprint density at radius 3 is 2.22 bits per heavy atom. The van der Waals surface area contributed by atoms with Crippen LogP contribution >= 0.6 is 12.4 Å². The molecule has 1 heterocycles. The summed E-state index contributed by atoms with van der Waals surface area (Å²) < 4.78 is 0. The zero-order chi connectivity index (χ0) is 12.3. The molecule has 102 valence electrons. The monoisotopic (exact) mass is 268 g/mol. The quantitative estimate of drug-likeness (QED) is 0.913. The third-order valence-electron chi connectivity index (χ3n) is 3.68. The molecule has 1 aromatic carbocycles. The van der Waals surface area contributed by atoms with Gasteiger partial charge in [0, 0.05) is 12.6 Å². The van der Waals surface area contributed by atoms with E-state index in [9.17, 15) is 0 Å². The van der Waals surface area contributed by atoms with Gasteiger partial charge in [0.25, 0.3) is 0 Å². The Labute approximate surface area is 117 Å². The summed E-state index contributed by atoms with van der Waals surface area (Å²) in [6.07, 6.45) is 2.29. The van der Waals surface area contributed by atoms with E-state index in [1.165, 1.54) is 11.1 Å². The number of nitrogens with two attached hydrogens (primary N) is 1. The number of piperidine rings is 1. The van der Waals surface area contributed by atoms with Crippen LogP contribution in [0, 0.1) is 0 Å². The van der Waals surface area contributed by atoms with Gasteiger partial charge in [-0.25, -0.2) is 0 Å². The van der Waals surface area contributed by atoms with Crippen LogP contribution < -0.4 is 5.73 Å². The molecule has 2 nitrogen and oxygen atoms in total. The molecule has 1 aliphatic heterocycles. The SMILES string of the molecule is CC(C)c1ccc(CN2CCC(N)CC2)cc1.Cl. The van der Waals surface area contributed by atoms with Gasteiger partial charge >= 0.3 is 0 Å². The largest absolute Gasteiger partial charge is 0.328 e. The molecule has 1 fully saturated rings. The van der Waals surface area contributed by atoms with Gasteiger partial charge in [-0.05, 0) is 43.0 Å². The van der Waals surface area contributed by atoms with Gasteiger partial charge in [-0.2, -0.15) is 0 Å². The molecular weight excluding hydrogens is 244 g/mol. The van der Waals surface area contributed by atoms with Crippen molar-refractivity contribution in [1.29, 1.82) is 0 Å². The maximum Gasteiger partial charge on any atom is 0.0233 e. The Bertz CT molecular complexity index is 340. The molecule has 0 radical (unpaired) electrons. The summed E-state index contributed by atoms with van der Waals surface area (Å²) in [4.78, 5) is 2.51. The zero-order valence-corrected chi connectivity index (χ0v) is 12.2. The van der Waals surface area contributed by atoms with E-state index >= 15 is 0 Å². The highest BCUT2D eigenvalue weighted by Gasteiger charge is 2.15. The topological polar surface area (TPSA) is 29.3 Å². The molecule has 0 aromatic heterocycles. The van der Waals surface area contributed by atoms with Gasteiger partial charge in [0.15, 0.2) is 0 Å². The zero-order valence-electron chi connectivity index (χ0n) is 11.4. The minimum absolute atomic E-state index is 0. The van der Waals surface area contributed by atoms with Gasteiger partial charge in [0.2, 0.25) is 0 Å². The molecule has 0 aliphatic carbocycles. The third kappa shape index (κ3) is 4.27. The van der Waals surface area contributed by atoms with Crippen LogP contribution in [0.3, 0.4) is 0 Å². The molecule has 0 saturated carbocycles. The van der Waals surface area contributed by atoms with Gasteiger partial charge in [-0.1, -0.05) is 38.1 Å². The predicted molar refractivity (Wildman–Crippen MR) is 80.3 cm³/mol. The lowest BCUT2D eigenvalue weighted by Crippen LogP contribution is -2.39. The molecule has 0 bridgehead atoms. The maximum atomic E-state index is 5.92. The Morgan fingerprint density at radius 1 is 1.17 bits per heavy atom. The van der Waals surface area contributed by atoms with Crippen molar-refractivity contribution in [3.05, 3.63) is 35.4 Å². The van der Waals surface area contributed by atoms with Gasteiger partial charge in [0.05, 0.1) is 0 Å². The lowest BCUT2D eigenvalue weighted by atomic mass is 10.0. The van der Waals surface area contributed by atoms with E-state index in [1.54, 1.807) is 0 Å². The Morgan fingerprint density at radius 2 is 1.72 bits per heavy atom. The molecule has 2 N–H and O–H groups in total. The fraction of sp³-hybridized carbons (Fsp3) is 0.600. The molecule has 18 heavy (non-hydrogen) atoms. The second kappa shape index (κ2) is 7.13. The summed E-state index contributed by atoms with van der Waals surface area (Å²) in [5.74, 6) is 0.622. The molecule has 1 aromatic rings. The van der Waals surface area contributed by atoms with Crippen LogP contribution in [0.15, 0.2) is 24.3 Å². The molecule has 0 spiro atoms. The third-order valence-corrected chi connectivity index (χ3v) is 3.68. The van der Waals surface area contributed by atoms with E-state index in [0.717, 1.165) is 32.5 Å². The summed E-state index contributed by atoms with van der Waals surface area (Å²) >= 11 is 0. The van der Waals surface area contributed by atoms with Crippen LogP contribution in [0.1, 0.15) is 43.7 Å². The van der Waals surface area contributed by atoms with Crippen molar-refractivity contribution in [2.75, 3.05) is 13.1 Å². The van der Waals surface area contributed by atoms with E-state index in [0.29, 0.717) is 12.0 Å². The van der Waals surface area contributed by atoms with Gasteiger partial charge in [-0.15, -0.1) is 12.4 Å². The molecule has 1 aliphatic rings. The molecule has 3 heteroatoms. The Hall–Kier alpha value is -0.570. The number of rotatable bonds is 3. The minimum atomic E-state index is 0. The number of benzene rings is 1. The van der Waals surface area contributed by atoms with Crippen LogP contribution in [0.5, 0.6) is 0 Å². The van der Waals surface area contributed by atoms with Gasteiger partial charge in [-0.3, -0.25) is 4.90 Å². The molecule has 1 saturated heterocycles. The number of halogens is 1. The molecule has 0 amide bonds. The summed E-state index contributed by atoms with van der Waals surface area (Å²) in [6.45, 7) is 7.84. The highest BCUT2D eigenvalue weighted by Crippen LogP contribution is 2.17. The van der Waals surface area contributed by atoms with Crippen LogP contribution in [0.25, 0.3) is 0 Å². The Kier molecular flexibility index (Phi) is 6.13. The van der Waals surface area contributed by atoms with E-state index in [2.05, 4.69) is 43.0 Å². The van der Waals surface area contributed by atoms with Crippen molar-refractivity contribution in [3.63, 3.8) is 0 Å². The summed E-state index contributed by atoms with van der Waals surface area (Å²) in [6, 6.07) is 9.48. The van der Waals surface area contributed by atoms with Crippen molar-refractivity contribution < 1.29 is 0 Å². The number of likely N-dealkylation sites (tertiary alicyclic amines) is 1. The maximum absolute atomic E-state index is 5.92. The second-order valence-electron chi connectivity index (χ2n) is 5.51. The first-order valence-electron chi connectivity index (χ1n) is 6.72. The first-order valence-corrected chi connectivity index (χ1v) is 6.72. The van der Waals surface area contributed by atoms with E-state index in [4.69, 9.17) is 5.73 Å². The normalized spacial score (nSPS) is 17.8. The highest BCUT2D eigenvalue weighted by molar-refractivity contribution is 5.85. The van der Waals surface area contributed by atoms with Crippen LogP contribution in [-0.4, -0.2) is 24.0 Å². The molecular formula is C15H25ClN2. The summed E-state index contributed by atoms with van der Waals surface area (Å²) in [5, 5.41) is 0. The lowest BCUT2D eigenvalue weighted by molar-refractivity contribution is 0.205. The number of nitrogens with zero attached hydrogens (tertiary/aromatic N) is 1. The predicted octanol–water partition coefficient (Wildman–Crippen LogP) is 3.15.